The highest BCUT2D eigenvalue weighted by Gasteiger charge is 2.37. The minimum atomic E-state index is -2.88. The number of nitriles is 1. The number of unbranched alkanes of at least 4 members (excludes halogenated alkanes) is 1. The fourth-order valence-electron chi connectivity index (χ4n) is 4.73. The fourth-order valence-corrected chi connectivity index (χ4v) is 4.73. The van der Waals surface area contributed by atoms with Crippen LogP contribution in [0.4, 0.5) is 19.4 Å². The molecule has 0 bridgehead atoms. The molecule has 0 aliphatic carbocycles. The topological polar surface area (TPSA) is 132 Å². The SMILES string of the molecule is CCCCOC(=O)N1CC(c2c(C)c(C#N)cc(C(C)n3nc(C(F)F)c4c(N)ncnc43)c2OC)C1. The minimum absolute atomic E-state index is 0.00706. The smallest absolute Gasteiger partial charge is 0.409 e. The Morgan fingerprint density at radius 1 is 1.35 bits per heavy atom. The van der Waals surface area contributed by atoms with Gasteiger partial charge in [0.05, 0.1) is 36.8 Å². The number of carbonyl (C=O) groups excluding carboxylic acids is 1. The summed E-state index contributed by atoms with van der Waals surface area (Å²) in [5.74, 6) is 0.336. The Morgan fingerprint density at radius 2 is 2.08 bits per heavy atom. The summed E-state index contributed by atoms with van der Waals surface area (Å²) in [6.45, 7) is 6.81. The van der Waals surface area contributed by atoms with Crippen molar-refractivity contribution in [2.45, 2.75) is 52.0 Å². The Hall–Kier alpha value is -4.01. The van der Waals surface area contributed by atoms with E-state index in [1.165, 1.54) is 18.1 Å². The van der Waals surface area contributed by atoms with Crippen LogP contribution in [-0.4, -0.2) is 57.5 Å². The van der Waals surface area contributed by atoms with Crippen LogP contribution < -0.4 is 10.5 Å². The van der Waals surface area contributed by atoms with E-state index >= 15 is 0 Å². The third-order valence-corrected chi connectivity index (χ3v) is 6.78. The van der Waals surface area contributed by atoms with Crippen LogP contribution in [0.3, 0.4) is 0 Å². The normalized spacial score (nSPS) is 14.5. The lowest BCUT2D eigenvalue weighted by molar-refractivity contribution is 0.0699. The summed E-state index contributed by atoms with van der Waals surface area (Å²) >= 11 is 0. The molecule has 37 heavy (non-hydrogen) atoms. The summed E-state index contributed by atoms with van der Waals surface area (Å²) in [5.41, 5.74) is 8.06. The van der Waals surface area contributed by atoms with E-state index in [0.29, 0.717) is 36.6 Å². The molecule has 4 rings (SSSR count). The maximum absolute atomic E-state index is 13.8. The molecule has 0 spiro atoms. The molecule has 1 unspecified atom stereocenters. The van der Waals surface area contributed by atoms with Crippen molar-refractivity contribution >= 4 is 22.9 Å². The minimum Gasteiger partial charge on any atom is -0.496 e. The van der Waals surface area contributed by atoms with E-state index in [1.807, 2.05) is 13.8 Å². The summed E-state index contributed by atoms with van der Waals surface area (Å²) in [5, 5.41) is 14.0. The molecule has 2 N–H and O–H groups in total. The molecule has 1 aromatic carbocycles. The molecule has 1 aliphatic rings. The number of nitrogens with zero attached hydrogens (tertiary/aromatic N) is 6. The number of methoxy groups -OCH3 is 1. The van der Waals surface area contributed by atoms with E-state index in [0.717, 1.165) is 24.0 Å². The van der Waals surface area contributed by atoms with Crippen LogP contribution in [0.25, 0.3) is 11.0 Å². The van der Waals surface area contributed by atoms with Gasteiger partial charge >= 0.3 is 6.09 Å². The zero-order valence-corrected chi connectivity index (χ0v) is 21.2. The number of nitrogen functional groups attached to an aromatic ring is 1. The first-order chi connectivity index (χ1) is 17.7. The van der Waals surface area contributed by atoms with E-state index in [2.05, 4.69) is 21.1 Å². The zero-order chi connectivity index (χ0) is 26.9. The molecule has 2 aromatic heterocycles. The molecule has 1 fully saturated rings. The fraction of sp³-hybridized carbons (Fsp3) is 0.480. The number of aromatic nitrogens is 4. The molecule has 3 heterocycles. The maximum atomic E-state index is 13.8. The van der Waals surface area contributed by atoms with E-state index in [1.54, 1.807) is 17.9 Å². The molecule has 1 atom stereocenters. The first kappa shape index (κ1) is 26.1. The van der Waals surface area contributed by atoms with Gasteiger partial charge in [0.2, 0.25) is 0 Å². The van der Waals surface area contributed by atoms with E-state index in [4.69, 9.17) is 15.2 Å². The number of ether oxygens (including phenoxy) is 2. The number of likely N-dealkylation sites (tertiary alicyclic amines) is 1. The van der Waals surface area contributed by atoms with Crippen molar-refractivity contribution in [3.05, 3.63) is 40.3 Å². The average Bonchev–Trinajstić information content (AvgIpc) is 3.25. The van der Waals surface area contributed by atoms with Crippen molar-refractivity contribution in [1.82, 2.24) is 24.6 Å². The third kappa shape index (κ3) is 4.61. The van der Waals surface area contributed by atoms with Gasteiger partial charge in [-0.05, 0) is 31.9 Å². The van der Waals surface area contributed by atoms with Crippen molar-refractivity contribution in [3.8, 4) is 11.8 Å². The largest absolute Gasteiger partial charge is 0.496 e. The number of carbonyl (C=O) groups is 1. The highest BCUT2D eigenvalue weighted by Crippen LogP contribution is 2.43. The van der Waals surface area contributed by atoms with Gasteiger partial charge in [-0.15, -0.1) is 0 Å². The molecule has 3 aromatic rings. The average molecular weight is 514 g/mol. The van der Waals surface area contributed by atoms with Gasteiger partial charge in [0, 0.05) is 30.1 Å². The van der Waals surface area contributed by atoms with Crippen LogP contribution in [0.15, 0.2) is 12.4 Å². The number of alkyl halides is 2. The van der Waals surface area contributed by atoms with Crippen LogP contribution in [0, 0.1) is 18.3 Å². The second-order valence-electron chi connectivity index (χ2n) is 9.03. The number of hydrogen-bond donors (Lipinski definition) is 1. The number of benzene rings is 1. The third-order valence-electron chi connectivity index (χ3n) is 6.78. The Labute approximate surface area is 213 Å². The van der Waals surface area contributed by atoms with Crippen molar-refractivity contribution < 1.29 is 23.0 Å². The predicted molar refractivity (Wildman–Crippen MR) is 132 cm³/mol. The second-order valence-corrected chi connectivity index (χ2v) is 9.03. The lowest BCUT2D eigenvalue weighted by Crippen LogP contribution is -2.49. The maximum Gasteiger partial charge on any atom is 0.409 e. The van der Waals surface area contributed by atoms with Crippen LogP contribution in [0.1, 0.15) is 73.0 Å². The Balaban J connectivity index is 1.75. The van der Waals surface area contributed by atoms with Crippen LogP contribution >= 0.6 is 0 Å². The van der Waals surface area contributed by atoms with Crippen LogP contribution in [0.5, 0.6) is 5.75 Å². The number of hydrogen-bond acceptors (Lipinski definition) is 8. The molecule has 0 radical (unpaired) electrons. The summed E-state index contributed by atoms with van der Waals surface area (Å²) in [4.78, 5) is 21.9. The van der Waals surface area contributed by atoms with E-state index in [-0.39, 0.29) is 28.9 Å². The first-order valence-corrected chi connectivity index (χ1v) is 12.0. The van der Waals surface area contributed by atoms with Gasteiger partial charge in [-0.1, -0.05) is 13.3 Å². The first-order valence-electron chi connectivity index (χ1n) is 12.0. The molecular formula is C25H29F2N7O3. The monoisotopic (exact) mass is 513 g/mol. The van der Waals surface area contributed by atoms with Crippen molar-refractivity contribution in [2.24, 2.45) is 0 Å². The second kappa shape index (κ2) is 10.5. The zero-order valence-electron chi connectivity index (χ0n) is 21.2. The van der Waals surface area contributed by atoms with Gasteiger partial charge in [0.25, 0.3) is 6.43 Å². The molecule has 1 saturated heterocycles. The Kier molecular flexibility index (Phi) is 7.42. The van der Waals surface area contributed by atoms with Gasteiger partial charge in [-0.25, -0.2) is 28.2 Å². The number of halogens is 2. The predicted octanol–water partition coefficient (Wildman–Crippen LogP) is 4.48. The van der Waals surface area contributed by atoms with Gasteiger partial charge in [0.15, 0.2) is 5.65 Å². The Bertz CT molecular complexity index is 1360. The standard InChI is InChI=1S/C25H29F2N7O3/c1-5-6-7-37-25(35)33-10-16(11-33)18-13(2)15(9-28)8-17(21(18)36-4)14(3)34-24-19(20(32-34)22(26)27)23(29)30-12-31-24/h8,12,14,16,22H,5-7,10-11H2,1-4H3,(H2,29,30,31). The van der Waals surface area contributed by atoms with Crippen molar-refractivity contribution in [1.29, 1.82) is 5.26 Å². The summed E-state index contributed by atoms with van der Waals surface area (Å²) < 4.78 is 40.1. The number of anilines is 1. The highest BCUT2D eigenvalue weighted by molar-refractivity contribution is 5.88. The number of fused-ring (bicyclic) bond motifs is 1. The molecule has 1 amide bonds. The van der Waals surface area contributed by atoms with Crippen molar-refractivity contribution in [2.75, 3.05) is 32.5 Å². The van der Waals surface area contributed by atoms with Crippen LogP contribution in [-0.2, 0) is 4.74 Å². The summed E-state index contributed by atoms with van der Waals surface area (Å²) in [7, 11) is 1.52. The lowest BCUT2D eigenvalue weighted by Gasteiger charge is -2.40. The number of rotatable bonds is 8. The van der Waals surface area contributed by atoms with Crippen molar-refractivity contribution in [3.63, 3.8) is 0 Å². The molecule has 12 heteroatoms. The van der Waals surface area contributed by atoms with E-state index in [9.17, 15) is 18.8 Å². The highest BCUT2D eigenvalue weighted by atomic mass is 19.3. The van der Waals surface area contributed by atoms with Gasteiger partial charge in [-0.3, -0.25) is 0 Å². The Morgan fingerprint density at radius 3 is 2.70 bits per heavy atom. The molecule has 0 saturated carbocycles. The molecule has 1 aliphatic heterocycles. The lowest BCUT2D eigenvalue weighted by atomic mass is 9.83. The molecule has 10 nitrogen and oxygen atoms in total. The number of nitrogens with two attached hydrogens (primary N) is 1. The number of amides is 1. The van der Waals surface area contributed by atoms with E-state index < -0.39 is 18.2 Å². The van der Waals surface area contributed by atoms with Gasteiger partial charge < -0.3 is 20.1 Å². The van der Waals surface area contributed by atoms with Crippen LogP contribution in [0.2, 0.25) is 0 Å². The summed E-state index contributed by atoms with van der Waals surface area (Å²) in [6.07, 6.45) is -0.331. The molecular weight excluding hydrogens is 484 g/mol. The van der Waals surface area contributed by atoms with Gasteiger partial charge in [0.1, 0.15) is 23.6 Å². The van der Waals surface area contributed by atoms with Gasteiger partial charge in [-0.2, -0.15) is 10.4 Å². The molecule has 196 valence electrons. The quantitative estimate of drug-likeness (QED) is 0.436. The summed E-state index contributed by atoms with van der Waals surface area (Å²) in [6, 6.07) is 3.26.